The third-order valence-corrected chi connectivity index (χ3v) is 10.3. The van der Waals surface area contributed by atoms with Gasteiger partial charge in [0.05, 0.1) is 17.3 Å². The van der Waals surface area contributed by atoms with Gasteiger partial charge in [0, 0.05) is 32.6 Å². The molecule has 49 heavy (non-hydrogen) atoms. The second-order valence-electron chi connectivity index (χ2n) is 12.8. The van der Waals surface area contributed by atoms with Gasteiger partial charge in [0.1, 0.15) is 16.7 Å². The van der Waals surface area contributed by atoms with Crippen molar-refractivity contribution >= 4 is 76.3 Å². The number of hydrogen-bond acceptors (Lipinski definition) is 2. The van der Waals surface area contributed by atoms with E-state index in [0.717, 1.165) is 44.2 Å². The third-order valence-electron chi connectivity index (χ3n) is 10.3. The Bertz CT molecular complexity index is 3050. The fraction of sp³-hybridized carbons (Fsp3) is 0. The summed E-state index contributed by atoms with van der Waals surface area (Å²) < 4.78 is 14.7. The molecule has 0 amide bonds. The number of hydrogen-bond donors (Lipinski definition) is 0. The van der Waals surface area contributed by atoms with E-state index in [9.17, 15) is 0 Å². The largest absolute Gasteiger partial charge is 0.464 e. The molecule has 3 nitrogen and oxygen atoms in total. The first kappa shape index (κ1) is 26.5. The van der Waals surface area contributed by atoms with Crippen molar-refractivity contribution in [3.63, 3.8) is 0 Å². The van der Waals surface area contributed by atoms with Gasteiger partial charge < -0.3 is 13.4 Å². The summed E-state index contributed by atoms with van der Waals surface area (Å²) in [6.07, 6.45) is 1.76. The van der Waals surface area contributed by atoms with Gasteiger partial charge in [-0.25, -0.2) is 0 Å². The van der Waals surface area contributed by atoms with Crippen molar-refractivity contribution in [3.05, 3.63) is 164 Å². The molecule has 0 atom stereocenters. The number of rotatable bonds is 3. The van der Waals surface area contributed by atoms with Gasteiger partial charge in [-0.2, -0.15) is 0 Å². The van der Waals surface area contributed by atoms with E-state index in [-0.39, 0.29) is 0 Å². The molecule has 0 bridgehead atoms. The molecule has 0 saturated carbocycles. The summed E-state index contributed by atoms with van der Waals surface area (Å²) in [5.41, 5.74) is 11.0. The Balaban J connectivity index is 1.30. The van der Waals surface area contributed by atoms with Crippen LogP contribution in [0.4, 0.5) is 0 Å². The second kappa shape index (κ2) is 9.96. The van der Waals surface area contributed by atoms with Crippen molar-refractivity contribution < 1.29 is 8.83 Å². The van der Waals surface area contributed by atoms with E-state index in [0.29, 0.717) is 0 Å². The van der Waals surface area contributed by atoms with Gasteiger partial charge in [-0.1, -0.05) is 109 Å². The minimum Gasteiger partial charge on any atom is -0.464 e. The zero-order valence-electron chi connectivity index (χ0n) is 26.4. The predicted molar refractivity (Wildman–Crippen MR) is 204 cm³/mol. The lowest BCUT2D eigenvalue weighted by Crippen LogP contribution is -1.94. The number of nitrogens with zero attached hydrogens (tertiary/aromatic N) is 1. The molecule has 3 heterocycles. The minimum absolute atomic E-state index is 0.859. The maximum absolute atomic E-state index is 6.49. The Morgan fingerprint density at radius 1 is 0.347 bits per heavy atom. The predicted octanol–water partition coefficient (Wildman–Crippen LogP) is 13.1. The average Bonchev–Trinajstić information content (AvgIpc) is 3.88. The Hall–Kier alpha value is -6.58. The molecule has 0 aliphatic rings. The lowest BCUT2D eigenvalue weighted by molar-refractivity contribution is 0.615. The zero-order valence-corrected chi connectivity index (χ0v) is 26.4. The lowest BCUT2D eigenvalue weighted by atomic mass is 9.84. The first-order valence-electron chi connectivity index (χ1n) is 16.7. The van der Waals surface area contributed by atoms with E-state index in [1.54, 1.807) is 6.26 Å². The maximum Gasteiger partial charge on any atom is 0.136 e. The summed E-state index contributed by atoms with van der Waals surface area (Å²) in [5.74, 6) is 0. The maximum atomic E-state index is 6.49. The molecule has 0 saturated heterocycles. The molecule has 0 spiro atoms. The molecule has 0 radical (unpaired) electrons. The van der Waals surface area contributed by atoms with Crippen molar-refractivity contribution in [2.24, 2.45) is 0 Å². The SMILES string of the molecule is c1ccc(-n2c3ccccc3c3c(-c4c5ccccc5c(-c5cccc6oc7ccc8occc8c7c56)c5ccccc45)cccc32)cc1. The van der Waals surface area contributed by atoms with Crippen LogP contribution >= 0.6 is 0 Å². The van der Waals surface area contributed by atoms with Gasteiger partial charge in [-0.3, -0.25) is 0 Å². The van der Waals surface area contributed by atoms with Crippen LogP contribution in [0, 0.1) is 0 Å². The van der Waals surface area contributed by atoms with Crippen LogP contribution in [-0.2, 0) is 0 Å². The number of benzene rings is 8. The second-order valence-corrected chi connectivity index (χ2v) is 12.8. The summed E-state index contributed by atoms with van der Waals surface area (Å²) in [7, 11) is 0. The van der Waals surface area contributed by atoms with Crippen LogP contribution in [0.2, 0.25) is 0 Å². The van der Waals surface area contributed by atoms with E-state index in [1.807, 2.05) is 12.1 Å². The Morgan fingerprint density at radius 2 is 0.898 bits per heavy atom. The normalized spacial score (nSPS) is 12.1. The fourth-order valence-electron chi connectivity index (χ4n) is 8.36. The van der Waals surface area contributed by atoms with Gasteiger partial charge in [-0.05, 0) is 92.3 Å². The number of fused-ring (bicyclic) bond motifs is 10. The standard InChI is InChI=1S/C46H27NO2/c1-2-12-28(13-3-1)47-37-21-9-8-18-33(37)44-35(19-10-22-38(44)47)42-29-14-4-6-16-31(29)43(32-17-7-5-15-30(32)42)36-20-11-23-40-46(36)45-34-26-27-48-39(34)24-25-41(45)49-40/h1-27H. The average molecular weight is 626 g/mol. The van der Waals surface area contributed by atoms with Gasteiger partial charge >= 0.3 is 0 Å². The van der Waals surface area contributed by atoms with E-state index >= 15 is 0 Å². The van der Waals surface area contributed by atoms with E-state index < -0.39 is 0 Å². The molecule has 0 N–H and O–H groups in total. The summed E-state index contributed by atoms with van der Waals surface area (Å²) >= 11 is 0. The number of para-hydroxylation sites is 2. The highest BCUT2D eigenvalue weighted by atomic mass is 16.3. The van der Waals surface area contributed by atoms with Crippen molar-refractivity contribution in [1.82, 2.24) is 4.57 Å². The minimum atomic E-state index is 0.859. The van der Waals surface area contributed by atoms with Crippen molar-refractivity contribution in [3.8, 4) is 27.9 Å². The quantitative estimate of drug-likeness (QED) is 0.183. The van der Waals surface area contributed by atoms with Crippen LogP contribution in [0.1, 0.15) is 0 Å². The molecule has 3 aromatic heterocycles. The van der Waals surface area contributed by atoms with E-state index in [4.69, 9.17) is 8.83 Å². The molecular formula is C46H27NO2. The molecule has 11 aromatic rings. The number of furan rings is 2. The van der Waals surface area contributed by atoms with Crippen LogP contribution < -0.4 is 0 Å². The molecule has 8 aromatic carbocycles. The van der Waals surface area contributed by atoms with Gasteiger partial charge in [-0.15, -0.1) is 0 Å². The van der Waals surface area contributed by atoms with Crippen molar-refractivity contribution in [2.75, 3.05) is 0 Å². The Morgan fingerprint density at radius 3 is 1.61 bits per heavy atom. The van der Waals surface area contributed by atoms with Crippen LogP contribution in [0.3, 0.4) is 0 Å². The van der Waals surface area contributed by atoms with Crippen LogP contribution in [-0.4, -0.2) is 4.57 Å². The molecule has 0 unspecified atom stereocenters. The first-order chi connectivity index (χ1) is 24.3. The van der Waals surface area contributed by atoms with Gasteiger partial charge in [0.2, 0.25) is 0 Å². The Labute approximate surface area is 280 Å². The van der Waals surface area contributed by atoms with Gasteiger partial charge in [0.25, 0.3) is 0 Å². The number of aromatic nitrogens is 1. The molecule has 0 aliphatic heterocycles. The smallest absolute Gasteiger partial charge is 0.136 e. The summed E-state index contributed by atoms with van der Waals surface area (Å²) in [5, 5.41) is 10.6. The van der Waals surface area contributed by atoms with Crippen LogP contribution in [0.15, 0.2) is 173 Å². The molecule has 3 heteroatoms. The molecule has 0 aliphatic carbocycles. The summed E-state index contributed by atoms with van der Waals surface area (Å²) in [4.78, 5) is 0. The monoisotopic (exact) mass is 625 g/mol. The lowest BCUT2D eigenvalue weighted by Gasteiger charge is -2.19. The third kappa shape index (κ3) is 3.62. The molecule has 11 rings (SSSR count). The van der Waals surface area contributed by atoms with Crippen molar-refractivity contribution in [1.29, 1.82) is 0 Å². The Kier molecular flexibility index (Phi) is 5.38. The van der Waals surface area contributed by atoms with E-state index in [2.05, 4.69) is 150 Å². The van der Waals surface area contributed by atoms with Gasteiger partial charge in [0.15, 0.2) is 0 Å². The van der Waals surface area contributed by atoms with Crippen molar-refractivity contribution in [2.45, 2.75) is 0 Å². The topological polar surface area (TPSA) is 31.2 Å². The highest BCUT2D eigenvalue weighted by Gasteiger charge is 2.23. The first-order valence-corrected chi connectivity index (χ1v) is 16.7. The fourth-order valence-corrected chi connectivity index (χ4v) is 8.36. The van der Waals surface area contributed by atoms with Crippen LogP contribution in [0.5, 0.6) is 0 Å². The van der Waals surface area contributed by atoms with Crippen LogP contribution in [0.25, 0.3) is 104 Å². The van der Waals surface area contributed by atoms with E-state index in [1.165, 1.54) is 60.0 Å². The molecule has 228 valence electrons. The highest BCUT2D eigenvalue weighted by Crippen LogP contribution is 2.49. The zero-order chi connectivity index (χ0) is 32.1. The summed E-state index contributed by atoms with van der Waals surface area (Å²) in [6.45, 7) is 0. The molecular weight excluding hydrogens is 599 g/mol. The summed E-state index contributed by atoms with van der Waals surface area (Å²) in [6, 6.07) is 56.5. The highest BCUT2D eigenvalue weighted by molar-refractivity contribution is 6.30. The molecule has 0 fully saturated rings.